The van der Waals surface area contributed by atoms with Crippen molar-refractivity contribution in [1.29, 1.82) is 0 Å². The van der Waals surface area contributed by atoms with Crippen LogP contribution < -0.4 is 10.5 Å². The second kappa shape index (κ2) is 5.35. The van der Waals surface area contributed by atoms with Crippen LogP contribution in [0.2, 0.25) is 0 Å². The van der Waals surface area contributed by atoms with E-state index in [2.05, 4.69) is 0 Å². The van der Waals surface area contributed by atoms with E-state index in [1.165, 1.54) is 6.07 Å². The number of rotatable bonds is 5. The number of para-hydroxylation sites is 1. The number of hydrogen-bond acceptors (Lipinski definition) is 2. The van der Waals surface area contributed by atoms with Crippen molar-refractivity contribution in [1.82, 2.24) is 0 Å². The van der Waals surface area contributed by atoms with E-state index < -0.39 is 25.0 Å². The number of alkyl halides is 4. The third-order valence-electron chi connectivity index (χ3n) is 2.15. The molecular formula is C11H13F4NO. The minimum absolute atomic E-state index is 0.0998. The summed E-state index contributed by atoms with van der Waals surface area (Å²) in [6.45, 7) is 0.280. The Morgan fingerprint density at radius 1 is 1.29 bits per heavy atom. The smallest absolute Gasteiger partial charge is 0.340 e. The average Bonchev–Trinajstić information content (AvgIpc) is 2.26. The number of halogens is 4. The van der Waals surface area contributed by atoms with Crippen molar-refractivity contribution in [3.63, 3.8) is 0 Å². The van der Waals surface area contributed by atoms with Crippen molar-refractivity contribution in [2.75, 3.05) is 6.61 Å². The summed E-state index contributed by atoms with van der Waals surface area (Å²) in [4.78, 5) is 0. The SMILES string of the molecule is CC(N)c1ccccc1OCC(F)(F)C(F)F. The highest BCUT2D eigenvalue weighted by atomic mass is 19.3. The van der Waals surface area contributed by atoms with Crippen molar-refractivity contribution in [3.05, 3.63) is 29.8 Å². The van der Waals surface area contributed by atoms with Gasteiger partial charge in [-0.15, -0.1) is 0 Å². The normalized spacial score (nSPS) is 13.8. The predicted octanol–water partition coefficient (Wildman–Crippen LogP) is 2.99. The van der Waals surface area contributed by atoms with Gasteiger partial charge in [0.2, 0.25) is 0 Å². The van der Waals surface area contributed by atoms with Crippen molar-refractivity contribution >= 4 is 0 Å². The molecule has 96 valence electrons. The van der Waals surface area contributed by atoms with Crippen LogP contribution in [0.4, 0.5) is 17.6 Å². The van der Waals surface area contributed by atoms with Gasteiger partial charge in [-0.25, -0.2) is 8.78 Å². The fourth-order valence-corrected chi connectivity index (χ4v) is 1.23. The van der Waals surface area contributed by atoms with Gasteiger partial charge in [0.15, 0.2) is 6.61 Å². The molecule has 1 rings (SSSR count). The number of nitrogens with two attached hydrogens (primary N) is 1. The van der Waals surface area contributed by atoms with Gasteiger partial charge in [0.05, 0.1) is 0 Å². The quantitative estimate of drug-likeness (QED) is 0.816. The van der Waals surface area contributed by atoms with Crippen LogP contribution in [0.3, 0.4) is 0 Å². The van der Waals surface area contributed by atoms with E-state index in [-0.39, 0.29) is 5.75 Å². The number of ether oxygens (including phenoxy) is 1. The molecule has 0 saturated heterocycles. The van der Waals surface area contributed by atoms with Crippen molar-refractivity contribution < 1.29 is 22.3 Å². The van der Waals surface area contributed by atoms with Crippen LogP contribution in [0.1, 0.15) is 18.5 Å². The monoisotopic (exact) mass is 251 g/mol. The lowest BCUT2D eigenvalue weighted by atomic mass is 10.1. The average molecular weight is 251 g/mol. The highest BCUT2D eigenvalue weighted by molar-refractivity contribution is 5.35. The molecule has 2 nitrogen and oxygen atoms in total. The summed E-state index contributed by atoms with van der Waals surface area (Å²) in [5.74, 6) is -4.06. The molecule has 0 heterocycles. The minimum atomic E-state index is -4.16. The maximum absolute atomic E-state index is 12.7. The Morgan fingerprint density at radius 2 is 1.88 bits per heavy atom. The lowest BCUT2D eigenvalue weighted by molar-refractivity contribution is -0.148. The highest BCUT2D eigenvalue weighted by Gasteiger charge is 2.41. The summed E-state index contributed by atoms with van der Waals surface area (Å²) >= 11 is 0. The van der Waals surface area contributed by atoms with Gasteiger partial charge in [0.1, 0.15) is 5.75 Å². The zero-order valence-electron chi connectivity index (χ0n) is 9.17. The Kier molecular flexibility index (Phi) is 4.34. The maximum atomic E-state index is 12.7. The third kappa shape index (κ3) is 3.59. The van der Waals surface area contributed by atoms with E-state index in [4.69, 9.17) is 10.5 Å². The van der Waals surface area contributed by atoms with Gasteiger partial charge in [-0.3, -0.25) is 0 Å². The highest BCUT2D eigenvalue weighted by Crippen LogP contribution is 2.27. The Labute approximate surface area is 96.4 Å². The summed E-state index contributed by atoms with van der Waals surface area (Å²) < 4.78 is 53.9. The van der Waals surface area contributed by atoms with Crippen LogP contribution in [-0.4, -0.2) is 19.0 Å². The van der Waals surface area contributed by atoms with E-state index in [0.29, 0.717) is 5.56 Å². The Hall–Kier alpha value is -1.30. The summed E-state index contributed by atoms with van der Waals surface area (Å²) in [5.41, 5.74) is 6.10. The zero-order chi connectivity index (χ0) is 13.1. The van der Waals surface area contributed by atoms with E-state index in [1.54, 1.807) is 25.1 Å². The van der Waals surface area contributed by atoms with Crippen molar-refractivity contribution in [2.24, 2.45) is 5.73 Å². The molecule has 0 saturated carbocycles. The Bertz CT molecular complexity index is 368. The first-order valence-electron chi connectivity index (χ1n) is 4.98. The van der Waals surface area contributed by atoms with E-state index in [9.17, 15) is 17.6 Å². The molecule has 0 aliphatic carbocycles. The standard InChI is InChI=1S/C11H13F4NO/c1-7(16)8-4-2-3-5-9(8)17-6-11(14,15)10(12)13/h2-5,7,10H,6,16H2,1H3. The molecule has 2 N–H and O–H groups in total. The summed E-state index contributed by atoms with van der Waals surface area (Å²) in [6.07, 6.45) is -3.75. The Balaban J connectivity index is 2.76. The first kappa shape index (κ1) is 13.8. The van der Waals surface area contributed by atoms with Gasteiger partial charge in [0.25, 0.3) is 0 Å². The van der Waals surface area contributed by atoms with E-state index >= 15 is 0 Å². The van der Waals surface area contributed by atoms with Gasteiger partial charge in [-0.2, -0.15) is 8.78 Å². The molecule has 1 aromatic carbocycles. The lowest BCUT2D eigenvalue weighted by Gasteiger charge is -2.18. The predicted molar refractivity (Wildman–Crippen MR) is 55.5 cm³/mol. The number of benzene rings is 1. The van der Waals surface area contributed by atoms with Crippen molar-refractivity contribution in [2.45, 2.75) is 25.3 Å². The third-order valence-corrected chi connectivity index (χ3v) is 2.15. The van der Waals surface area contributed by atoms with Crippen LogP contribution >= 0.6 is 0 Å². The van der Waals surface area contributed by atoms with Crippen LogP contribution in [0.25, 0.3) is 0 Å². The summed E-state index contributed by atoms with van der Waals surface area (Å²) in [6, 6.07) is 5.81. The first-order valence-corrected chi connectivity index (χ1v) is 4.98. The fraction of sp³-hybridized carbons (Fsp3) is 0.455. The zero-order valence-corrected chi connectivity index (χ0v) is 9.17. The molecule has 1 aromatic rings. The maximum Gasteiger partial charge on any atom is 0.340 e. The van der Waals surface area contributed by atoms with Gasteiger partial charge in [-0.05, 0) is 13.0 Å². The molecule has 0 fully saturated rings. The van der Waals surface area contributed by atoms with Gasteiger partial charge in [-0.1, -0.05) is 18.2 Å². The molecule has 1 atom stereocenters. The van der Waals surface area contributed by atoms with E-state index in [0.717, 1.165) is 0 Å². The molecule has 0 radical (unpaired) electrons. The molecule has 6 heteroatoms. The van der Waals surface area contributed by atoms with Crippen LogP contribution in [0.5, 0.6) is 5.75 Å². The van der Waals surface area contributed by atoms with Crippen LogP contribution in [0, 0.1) is 0 Å². The molecule has 0 amide bonds. The first-order chi connectivity index (χ1) is 7.84. The topological polar surface area (TPSA) is 35.2 Å². The van der Waals surface area contributed by atoms with Crippen LogP contribution in [-0.2, 0) is 0 Å². The van der Waals surface area contributed by atoms with Gasteiger partial charge >= 0.3 is 12.3 Å². The molecule has 0 aliphatic rings. The molecule has 0 aliphatic heterocycles. The molecule has 0 aromatic heterocycles. The molecule has 0 bridgehead atoms. The molecule has 1 unspecified atom stereocenters. The molecular weight excluding hydrogens is 238 g/mol. The number of hydrogen-bond donors (Lipinski definition) is 1. The summed E-state index contributed by atoms with van der Waals surface area (Å²) in [5, 5.41) is 0. The molecule has 0 spiro atoms. The van der Waals surface area contributed by atoms with Gasteiger partial charge in [0, 0.05) is 11.6 Å². The second-order valence-electron chi connectivity index (χ2n) is 3.68. The minimum Gasteiger partial charge on any atom is -0.487 e. The molecule has 17 heavy (non-hydrogen) atoms. The fourth-order valence-electron chi connectivity index (χ4n) is 1.23. The van der Waals surface area contributed by atoms with Crippen molar-refractivity contribution in [3.8, 4) is 5.75 Å². The summed E-state index contributed by atoms with van der Waals surface area (Å²) in [7, 11) is 0. The van der Waals surface area contributed by atoms with Gasteiger partial charge < -0.3 is 10.5 Å². The Morgan fingerprint density at radius 3 is 2.41 bits per heavy atom. The van der Waals surface area contributed by atoms with Crippen LogP contribution in [0.15, 0.2) is 24.3 Å². The lowest BCUT2D eigenvalue weighted by Crippen LogP contribution is -2.34. The largest absolute Gasteiger partial charge is 0.487 e. The van der Waals surface area contributed by atoms with E-state index in [1.807, 2.05) is 0 Å². The second-order valence-corrected chi connectivity index (χ2v) is 3.68.